The van der Waals surface area contributed by atoms with Crippen molar-refractivity contribution in [1.82, 2.24) is 20.0 Å². The third kappa shape index (κ3) is 3.86. The molecule has 2 heterocycles. The van der Waals surface area contributed by atoms with E-state index < -0.39 is 0 Å². The van der Waals surface area contributed by atoms with Crippen LogP contribution < -0.4 is 10.1 Å². The van der Waals surface area contributed by atoms with Crippen LogP contribution in [0.15, 0.2) is 60.8 Å². The molecular weight excluding hydrogens is 350 g/mol. The van der Waals surface area contributed by atoms with E-state index in [0.717, 1.165) is 16.0 Å². The normalized spacial score (nSPS) is 10.8. The molecule has 7 nitrogen and oxygen atoms in total. The molecule has 4 rings (SSSR count). The fraction of sp³-hybridized carbons (Fsp3) is 0.111. The van der Waals surface area contributed by atoms with Gasteiger partial charge in [0, 0.05) is 0 Å². The number of carbonyl (C=O) groups is 1. The highest BCUT2D eigenvalue weighted by Crippen LogP contribution is 2.25. The van der Waals surface area contributed by atoms with Crippen LogP contribution in [-0.2, 0) is 17.9 Å². The lowest BCUT2D eigenvalue weighted by atomic mass is 10.3. The Morgan fingerprint density at radius 2 is 1.92 bits per heavy atom. The van der Waals surface area contributed by atoms with E-state index in [1.165, 1.54) is 16.0 Å². The second kappa shape index (κ2) is 7.32. The average Bonchev–Trinajstić information content (AvgIpc) is 3.26. The fourth-order valence-corrected chi connectivity index (χ4v) is 3.27. The molecule has 1 amide bonds. The van der Waals surface area contributed by atoms with Crippen LogP contribution in [0.2, 0.25) is 0 Å². The standard InChI is InChI=1S/C18H15N5O2S/c24-17(20-18-19-15-8-4-5-9-16(15)26-18)11-23-10-13(21-22-23)12-25-14-6-2-1-3-7-14/h1-10H,11-12H2,(H,19,20,24). The van der Waals surface area contributed by atoms with Gasteiger partial charge in [0.1, 0.15) is 24.6 Å². The van der Waals surface area contributed by atoms with Gasteiger partial charge in [-0.1, -0.05) is 46.9 Å². The summed E-state index contributed by atoms with van der Waals surface area (Å²) in [7, 11) is 0. The van der Waals surface area contributed by atoms with Gasteiger partial charge in [-0.15, -0.1) is 5.10 Å². The van der Waals surface area contributed by atoms with E-state index in [1.807, 2.05) is 54.6 Å². The molecule has 2 aromatic carbocycles. The van der Waals surface area contributed by atoms with Gasteiger partial charge in [0.25, 0.3) is 0 Å². The van der Waals surface area contributed by atoms with E-state index >= 15 is 0 Å². The number of rotatable bonds is 6. The zero-order chi connectivity index (χ0) is 17.8. The molecule has 0 radical (unpaired) electrons. The van der Waals surface area contributed by atoms with Crippen LogP contribution in [0, 0.1) is 0 Å². The van der Waals surface area contributed by atoms with Gasteiger partial charge in [-0.3, -0.25) is 4.79 Å². The topological polar surface area (TPSA) is 81.9 Å². The first-order valence-electron chi connectivity index (χ1n) is 7.98. The molecule has 26 heavy (non-hydrogen) atoms. The Kier molecular flexibility index (Phi) is 4.57. The van der Waals surface area contributed by atoms with Gasteiger partial charge in [-0.25, -0.2) is 9.67 Å². The molecule has 4 aromatic rings. The maximum Gasteiger partial charge on any atom is 0.247 e. The first-order valence-corrected chi connectivity index (χ1v) is 8.80. The van der Waals surface area contributed by atoms with E-state index in [9.17, 15) is 4.79 Å². The van der Waals surface area contributed by atoms with Crippen LogP contribution in [-0.4, -0.2) is 25.9 Å². The maximum absolute atomic E-state index is 12.2. The maximum atomic E-state index is 12.2. The first-order chi connectivity index (χ1) is 12.8. The summed E-state index contributed by atoms with van der Waals surface area (Å²) >= 11 is 1.44. The molecule has 0 fully saturated rings. The number of hydrogen-bond acceptors (Lipinski definition) is 6. The summed E-state index contributed by atoms with van der Waals surface area (Å²) in [5.74, 6) is 0.556. The second-order valence-corrected chi connectivity index (χ2v) is 6.57. The van der Waals surface area contributed by atoms with Crippen LogP contribution in [0.1, 0.15) is 5.69 Å². The number of ether oxygens (including phenoxy) is 1. The predicted molar refractivity (Wildman–Crippen MR) is 99.0 cm³/mol. The third-order valence-electron chi connectivity index (χ3n) is 3.56. The van der Waals surface area contributed by atoms with Crippen molar-refractivity contribution in [3.8, 4) is 5.75 Å². The molecule has 0 aliphatic heterocycles. The van der Waals surface area contributed by atoms with Gasteiger partial charge in [-0.2, -0.15) is 0 Å². The Bertz CT molecular complexity index is 995. The number of anilines is 1. The highest BCUT2D eigenvalue weighted by atomic mass is 32.1. The number of nitrogens with one attached hydrogen (secondary N) is 1. The van der Waals surface area contributed by atoms with Crippen molar-refractivity contribution in [2.24, 2.45) is 0 Å². The predicted octanol–water partition coefficient (Wildman–Crippen LogP) is 3.11. The molecule has 0 spiro atoms. The van der Waals surface area contributed by atoms with Crippen LogP contribution in [0.5, 0.6) is 5.75 Å². The first kappa shape index (κ1) is 16.2. The third-order valence-corrected chi connectivity index (χ3v) is 4.51. The zero-order valence-corrected chi connectivity index (χ0v) is 14.5. The Labute approximate surface area is 153 Å². The number of amides is 1. The number of carbonyl (C=O) groups excluding carboxylic acids is 1. The average molecular weight is 365 g/mol. The summed E-state index contributed by atoms with van der Waals surface area (Å²) < 4.78 is 8.12. The highest BCUT2D eigenvalue weighted by Gasteiger charge is 2.10. The summed E-state index contributed by atoms with van der Waals surface area (Å²) in [6.45, 7) is 0.359. The van der Waals surface area contributed by atoms with E-state index in [2.05, 4.69) is 20.6 Å². The van der Waals surface area contributed by atoms with Crippen molar-refractivity contribution in [2.45, 2.75) is 13.2 Å². The Balaban J connectivity index is 1.33. The smallest absolute Gasteiger partial charge is 0.247 e. The van der Waals surface area contributed by atoms with Gasteiger partial charge in [0.2, 0.25) is 5.91 Å². The summed E-state index contributed by atoms with van der Waals surface area (Å²) in [5.41, 5.74) is 1.52. The quantitative estimate of drug-likeness (QED) is 0.568. The van der Waals surface area contributed by atoms with Gasteiger partial charge < -0.3 is 10.1 Å². The number of hydrogen-bond donors (Lipinski definition) is 1. The SMILES string of the molecule is O=C(Cn1cc(COc2ccccc2)nn1)Nc1nc2ccccc2s1. The Hall–Kier alpha value is -3.26. The van der Waals surface area contributed by atoms with Gasteiger partial charge in [0.05, 0.1) is 16.4 Å². The number of fused-ring (bicyclic) bond motifs is 1. The Morgan fingerprint density at radius 1 is 1.12 bits per heavy atom. The van der Waals surface area contributed by atoms with Crippen molar-refractivity contribution in [1.29, 1.82) is 0 Å². The molecule has 0 aliphatic rings. The van der Waals surface area contributed by atoms with Crippen LogP contribution >= 0.6 is 11.3 Å². The summed E-state index contributed by atoms with van der Waals surface area (Å²) in [6.07, 6.45) is 1.70. The fourth-order valence-electron chi connectivity index (χ4n) is 2.39. The summed E-state index contributed by atoms with van der Waals surface area (Å²) in [5, 5.41) is 11.4. The van der Waals surface area contributed by atoms with Gasteiger partial charge in [-0.05, 0) is 24.3 Å². The lowest BCUT2D eigenvalue weighted by Crippen LogP contribution is -2.19. The van der Waals surface area contributed by atoms with Crippen molar-refractivity contribution in [3.05, 3.63) is 66.5 Å². The van der Waals surface area contributed by atoms with Crippen molar-refractivity contribution in [2.75, 3.05) is 5.32 Å². The van der Waals surface area contributed by atoms with E-state index in [0.29, 0.717) is 17.4 Å². The van der Waals surface area contributed by atoms with Crippen LogP contribution in [0.3, 0.4) is 0 Å². The molecule has 1 N–H and O–H groups in total. The number of benzene rings is 2. The van der Waals surface area contributed by atoms with Crippen LogP contribution in [0.25, 0.3) is 10.2 Å². The highest BCUT2D eigenvalue weighted by molar-refractivity contribution is 7.22. The number of para-hydroxylation sites is 2. The minimum absolute atomic E-state index is 0.0638. The molecule has 2 aromatic heterocycles. The molecule has 0 aliphatic carbocycles. The van der Waals surface area contributed by atoms with Crippen molar-refractivity contribution < 1.29 is 9.53 Å². The molecular formula is C18H15N5O2S. The molecule has 0 bridgehead atoms. The largest absolute Gasteiger partial charge is 0.487 e. The number of aromatic nitrogens is 4. The zero-order valence-electron chi connectivity index (χ0n) is 13.7. The molecule has 8 heteroatoms. The van der Waals surface area contributed by atoms with Gasteiger partial charge >= 0.3 is 0 Å². The summed E-state index contributed by atoms with van der Waals surface area (Å²) in [4.78, 5) is 16.6. The van der Waals surface area contributed by atoms with E-state index in [1.54, 1.807) is 6.20 Å². The Morgan fingerprint density at radius 3 is 2.77 bits per heavy atom. The molecule has 0 atom stereocenters. The monoisotopic (exact) mass is 365 g/mol. The lowest BCUT2D eigenvalue weighted by molar-refractivity contribution is -0.116. The molecule has 0 saturated heterocycles. The molecule has 0 unspecified atom stereocenters. The van der Waals surface area contributed by atoms with Crippen molar-refractivity contribution in [3.63, 3.8) is 0 Å². The molecule has 130 valence electrons. The number of thiazole rings is 1. The van der Waals surface area contributed by atoms with Crippen LogP contribution in [0.4, 0.5) is 5.13 Å². The van der Waals surface area contributed by atoms with Crippen molar-refractivity contribution >= 4 is 32.6 Å². The molecule has 0 saturated carbocycles. The van der Waals surface area contributed by atoms with E-state index in [-0.39, 0.29) is 12.5 Å². The minimum Gasteiger partial charge on any atom is -0.487 e. The summed E-state index contributed by atoms with van der Waals surface area (Å²) in [6, 6.07) is 17.2. The minimum atomic E-state index is -0.204. The number of nitrogens with zero attached hydrogens (tertiary/aromatic N) is 4. The van der Waals surface area contributed by atoms with E-state index in [4.69, 9.17) is 4.74 Å². The lowest BCUT2D eigenvalue weighted by Gasteiger charge is -2.02. The second-order valence-electron chi connectivity index (χ2n) is 5.54. The van der Waals surface area contributed by atoms with Gasteiger partial charge in [0.15, 0.2) is 5.13 Å².